The van der Waals surface area contributed by atoms with Crippen LogP contribution < -0.4 is 36.4 Å². The van der Waals surface area contributed by atoms with Crippen molar-refractivity contribution in [1.82, 2.24) is 4.90 Å². The first-order valence-corrected chi connectivity index (χ1v) is 62.5. The van der Waals surface area contributed by atoms with E-state index in [1.54, 1.807) is 0 Å². The van der Waals surface area contributed by atoms with Crippen LogP contribution in [0.2, 0.25) is 0 Å². The summed E-state index contributed by atoms with van der Waals surface area (Å²) in [6.07, 6.45) is 156. The van der Waals surface area contributed by atoms with Crippen LogP contribution in [0.15, 0.2) is 146 Å². The molecular weight excluding hydrogens is 1980 g/mol. The molecule has 0 aliphatic carbocycles. The zero-order valence-electron chi connectivity index (χ0n) is 96.4. The fourth-order valence-electron chi connectivity index (χ4n) is 19.2. The van der Waals surface area contributed by atoms with Gasteiger partial charge in [0.15, 0.2) is 17.4 Å². The number of alkyl halides is 1. The van der Waals surface area contributed by atoms with Gasteiger partial charge in [-0.15, -0.1) is 0 Å². The summed E-state index contributed by atoms with van der Waals surface area (Å²) in [5, 5.41) is 0. The molecule has 0 bridgehead atoms. The molecule has 3 heterocycles. The lowest BCUT2D eigenvalue weighted by Gasteiger charge is -2.30. The van der Waals surface area contributed by atoms with Crippen LogP contribution in [0.25, 0.3) is 0 Å². The van der Waals surface area contributed by atoms with Crippen LogP contribution >= 0.6 is 22.6 Å². The molecule has 9 nitrogen and oxygen atoms in total. The van der Waals surface area contributed by atoms with Crippen LogP contribution in [0.4, 0.5) is 0 Å². The molecule has 0 N–H and O–H groups in total. The van der Waals surface area contributed by atoms with Crippen LogP contribution in [-0.2, 0) is 28.4 Å². The van der Waals surface area contributed by atoms with Crippen LogP contribution in [0.3, 0.4) is 0 Å². The van der Waals surface area contributed by atoms with Gasteiger partial charge >= 0.3 is 0 Å². The first-order chi connectivity index (χ1) is 67.9. The molecule has 12 heteroatoms. The van der Waals surface area contributed by atoms with Crippen LogP contribution in [-0.4, -0.2) is 150 Å². The van der Waals surface area contributed by atoms with E-state index in [2.05, 4.69) is 271 Å². The van der Waals surface area contributed by atoms with Crippen LogP contribution in [0, 0.1) is 0 Å². The van der Waals surface area contributed by atoms with E-state index in [9.17, 15) is 0 Å². The van der Waals surface area contributed by atoms with Crippen molar-refractivity contribution in [2.24, 2.45) is 0 Å². The van der Waals surface area contributed by atoms with Crippen LogP contribution in [0.1, 0.15) is 542 Å². The average Bonchev–Trinajstić information content (AvgIpc) is 1.71. The molecule has 828 valence electrons. The monoisotopic (exact) mass is 2220 g/mol. The molecule has 3 aliphatic rings. The van der Waals surface area contributed by atoms with E-state index in [0.29, 0.717) is 0 Å². The fraction of sp³-hybridized carbons (Fsp3) is 0.814. The highest BCUT2D eigenvalue weighted by atomic mass is 127. The normalized spacial score (nSPS) is 16.7. The van der Waals surface area contributed by atoms with Crippen molar-refractivity contribution in [3.05, 3.63) is 146 Å². The Morgan fingerprint density at radius 1 is 0.220 bits per heavy atom. The molecule has 3 unspecified atom stereocenters. The zero-order valence-corrected chi connectivity index (χ0v) is 101. The van der Waals surface area contributed by atoms with Gasteiger partial charge in [0.1, 0.15) is 25.3 Å². The average molecular weight is 2220 g/mol. The number of ether oxygens (including phenoxy) is 6. The summed E-state index contributed by atoms with van der Waals surface area (Å²) >= 11 is 2.15. The Hall–Kier alpha value is -1.73. The summed E-state index contributed by atoms with van der Waals surface area (Å²) in [5.74, 6) is -0.986. The first-order valence-electron chi connectivity index (χ1n) is 60.3. The van der Waals surface area contributed by atoms with Gasteiger partial charge in [-0.2, -0.15) is 0 Å². The summed E-state index contributed by atoms with van der Waals surface area (Å²) in [4.78, 5) is 4.20. The standard InChI is InChI=1S/2C43H80NO2.C42H77NO2.CH3I.ClH.HI/c2*1-6-8-10-12-14-16-18-20-22-24-26-28-30-32-34-36-38-43(45-41-42(46-43)40-44(3,4)5)39-37-35-33-31-29-27-25-23-21-19-17-15-13-11-9-7-2;1-5-7-9-11-13-15-17-19-21-23-25-27-29-31-33-35-37-42(44-40-41(45-42)39-43(3)4)38-36-34-32-30-28-26-24-22-20-18-16-14-12-10-8-6-2;1-2;;/h2*14-17,20-23,42H,6-13,18-19,24-41H2,1-5H3;13-16,19-22,41H,5-12,17-18,23-40H2,1-4H3;1H3;2*1H/q2*+1;;;;/p-2/b2*16-14-,17-15-,22-20-,23-21-;15-13-,16-14-,21-19-,22-20-;;;. The van der Waals surface area contributed by atoms with Crippen molar-refractivity contribution >= 4 is 22.6 Å². The number of hydrogen-bond donors (Lipinski definition) is 0. The lowest BCUT2D eigenvalue weighted by molar-refractivity contribution is -0.873. The molecule has 0 aromatic heterocycles. The topological polar surface area (TPSA) is 58.6 Å². The first kappa shape index (κ1) is 143. The molecular formula is C129H240ClI2N3O6. The maximum atomic E-state index is 6.71. The number of hydrogen-bond acceptors (Lipinski definition) is 7. The predicted molar refractivity (Wildman–Crippen MR) is 629 cm³/mol. The van der Waals surface area contributed by atoms with Gasteiger partial charge in [-0.3, -0.25) is 0 Å². The van der Waals surface area contributed by atoms with E-state index < -0.39 is 0 Å². The van der Waals surface area contributed by atoms with Gasteiger partial charge in [0.05, 0.1) is 68.2 Å². The van der Waals surface area contributed by atoms with Crippen molar-refractivity contribution in [3.8, 4) is 0 Å². The molecule has 3 rings (SSSR count). The molecule has 0 spiro atoms. The van der Waals surface area contributed by atoms with E-state index in [1.807, 2.05) is 4.93 Å². The van der Waals surface area contributed by atoms with Gasteiger partial charge < -0.3 is 78.7 Å². The minimum absolute atomic E-state index is 0. The number of allylic oxidation sites excluding steroid dienone is 24. The second-order valence-electron chi connectivity index (χ2n) is 44.1. The minimum Gasteiger partial charge on any atom is -1.00 e. The SMILES string of the molecule is CCCCC/C=C\C/C=C\CCCCCCCCC1(CCCCCCCC/C=C\C/C=C\CCCCC)OCC(CN(C)C)O1.CCCCC/C=C\C/C=C\CCCCCCCCC1(CCCCCCCC/C=C\C/C=C\CCCCC)OCC(C[N+](C)(C)C)O1.CCCCC/C=C\C/C=C\CCCCCCCCC1(CCCCCCCC/C=C\C/C=C\CCCCC)OCC(C[N+](C)(C)C)O1.CI.[Cl-].[I-]. The zero-order chi connectivity index (χ0) is 101. The Morgan fingerprint density at radius 3 is 0.518 bits per heavy atom. The van der Waals surface area contributed by atoms with Crippen molar-refractivity contribution in [1.29, 1.82) is 0 Å². The number of nitrogens with zero attached hydrogens (tertiary/aromatic N) is 3. The number of likely N-dealkylation sites (N-methyl/N-ethyl adjacent to an activating group) is 3. The van der Waals surface area contributed by atoms with Gasteiger partial charge in [0, 0.05) is 45.1 Å². The lowest BCUT2D eigenvalue weighted by atomic mass is 9.98. The van der Waals surface area contributed by atoms with Crippen molar-refractivity contribution in [2.75, 3.05) is 101 Å². The largest absolute Gasteiger partial charge is 1.00 e. The molecule has 0 amide bonds. The second-order valence-corrected chi connectivity index (χ2v) is 44.1. The highest BCUT2D eigenvalue weighted by Crippen LogP contribution is 2.39. The number of rotatable bonds is 96. The minimum atomic E-state index is -0.329. The smallest absolute Gasteiger partial charge is 0.169 e. The molecule has 0 radical (unpaired) electrons. The Bertz CT molecular complexity index is 2640. The van der Waals surface area contributed by atoms with Crippen molar-refractivity contribution < 1.29 is 73.8 Å². The maximum absolute atomic E-state index is 6.71. The number of quaternary nitrogens is 2. The third kappa shape index (κ3) is 101. The van der Waals surface area contributed by atoms with E-state index in [-0.39, 0.29) is 72.1 Å². The highest BCUT2D eigenvalue weighted by molar-refractivity contribution is 14.1. The van der Waals surface area contributed by atoms with Gasteiger partial charge in [0.2, 0.25) is 0 Å². The molecule has 3 atom stereocenters. The summed E-state index contributed by atoms with van der Waals surface area (Å²) in [5.41, 5.74) is 0. The molecule has 3 saturated heterocycles. The fourth-order valence-corrected chi connectivity index (χ4v) is 19.2. The van der Waals surface area contributed by atoms with Gasteiger partial charge in [0.25, 0.3) is 0 Å². The van der Waals surface area contributed by atoms with Gasteiger partial charge in [-0.05, 0) is 250 Å². The van der Waals surface area contributed by atoms with E-state index in [4.69, 9.17) is 28.4 Å². The molecule has 0 aromatic rings. The summed E-state index contributed by atoms with van der Waals surface area (Å²) < 4.78 is 41.3. The van der Waals surface area contributed by atoms with E-state index in [0.717, 1.165) is 125 Å². The van der Waals surface area contributed by atoms with Crippen molar-refractivity contribution in [2.45, 2.75) is 578 Å². The quantitative estimate of drug-likeness (QED) is 0.0198. The summed E-state index contributed by atoms with van der Waals surface area (Å²) in [6.45, 7) is 18.9. The summed E-state index contributed by atoms with van der Waals surface area (Å²) in [6, 6.07) is 0. The maximum Gasteiger partial charge on any atom is 0.169 e. The Balaban J connectivity index is -0.00000199. The molecule has 3 fully saturated rings. The Morgan fingerprint density at radius 2 is 0.362 bits per heavy atom. The van der Waals surface area contributed by atoms with Crippen LogP contribution in [0.5, 0.6) is 0 Å². The third-order valence-electron chi connectivity index (χ3n) is 27.4. The van der Waals surface area contributed by atoms with Gasteiger partial charge in [-0.25, -0.2) is 0 Å². The Labute approximate surface area is 918 Å². The molecule has 0 saturated carbocycles. The second kappa shape index (κ2) is 109. The summed E-state index contributed by atoms with van der Waals surface area (Å²) in [7, 11) is 17.8. The molecule has 0 aromatic carbocycles. The predicted octanol–water partition coefficient (Wildman–Crippen LogP) is 34.5. The van der Waals surface area contributed by atoms with E-state index in [1.165, 1.54) is 424 Å². The molecule has 141 heavy (non-hydrogen) atoms. The Kier molecular flexibility index (Phi) is 111. The number of unbranched alkanes of at least 4 members (excludes halogenated alkanes) is 54. The lowest BCUT2D eigenvalue weighted by Crippen LogP contribution is -3.00. The number of halogens is 3. The molecule has 3 aliphatic heterocycles. The van der Waals surface area contributed by atoms with Crippen molar-refractivity contribution in [3.63, 3.8) is 0 Å². The van der Waals surface area contributed by atoms with Gasteiger partial charge in [-0.1, -0.05) is 441 Å². The third-order valence-corrected chi connectivity index (χ3v) is 27.4. The van der Waals surface area contributed by atoms with E-state index >= 15 is 0 Å². The highest BCUT2D eigenvalue weighted by Gasteiger charge is 2.44.